The van der Waals surface area contributed by atoms with Crippen LogP contribution in [0, 0.1) is 0 Å². The second-order valence-corrected chi connectivity index (χ2v) is 2.82. The lowest BCUT2D eigenvalue weighted by molar-refractivity contribution is 0.378. The van der Waals surface area contributed by atoms with Crippen molar-refractivity contribution in [3.05, 3.63) is 23.0 Å². The van der Waals surface area contributed by atoms with Crippen LogP contribution < -0.4 is 0 Å². The minimum atomic E-state index is 0.591. The molecule has 1 rings (SSSR count). The molecular formula is C9H14O. The van der Waals surface area contributed by atoms with E-state index in [1.54, 1.807) is 0 Å². The van der Waals surface area contributed by atoms with E-state index >= 15 is 0 Å². The van der Waals surface area contributed by atoms with Crippen LogP contribution in [0.5, 0.6) is 0 Å². The van der Waals surface area contributed by atoms with E-state index in [0.717, 1.165) is 24.8 Å². The van der Waals surface area contributed by atoms with Crippen molar-refractivity contribution in [1.29, 1.82) is 0 Å². The first-order chi connectivity index (χ1) is 4.74. The Labute approximate surface area is 62.1 Å². The molecule has 0 saturated carbocycles. The lowest BCUT2D eigenvalue weighted by atomic mass is 9.97. The van der Waals surface area contributed by atoms with Crippen molar-refractivity contribution >= 4 is 0 Å². The lowest BCUT2D eigenvalue weighted by Crippen LogP contribution is -1.96. The number of aliphatic hydroxyl groups excluding tert-OH is 1. The Balaban J connectivity index is 2.82. The Morgan fingerprint density at radius 1 is 1.50 bits per heavy atom. The monoisotopic (exact) mass is 138 g/mol. The van der Waals surface area contributed by atoms with Gasteiger partial charge in [0.1, 0.15) is 0 Å². The van der Waals surface area contributed by atoms with Crippen LogP contribution in [0.4, 0.5) is 0 Å². The average molecular weight is 138 g/mol. The van der Waals surface area contributed by atoms with Gasteiger partial charge in [0.2, 0.25) is 0 Å². The summed E-state index contributed by atoms with van der Waals surface area (Å²) in [4.78, 5) is 0. The molecule has 0 saturated heterocycles. The van der Waals surface area contributed by atoms with Gasteiger partial charge < -0.3 is 5.11 Å². The molecule has 0 spiro atoms. The highest BCUT2D eigenvalue weighted by Crippen LogP contribution is 2.23. The van der Waals surface area contributed by atoms with Crippen LogP contribution in [-0.4, -0.2) is 5.11 Å². The van der Waals surface area contributed by atoms with E-state index in [4.69, 9.17) is 0 Å². The van der Waals surface area contributed by atoms with Crippen LogP contribution in [0.1, 0.15) is 33.1 Å². The molecule has 0 unspecified atom stereocenters. The van der Waals surface area contributed by atoms with E-state index in [-0.39, 0.29) is 0 Å². The van der Waals surface area contributed by atoms with Gasteiger partial charge in [-0.3, -0.25) is 0 Å². The SMILES string of the molecule is CCC1=C(O)CCC(C)=C1. The number of rotatable bonds is 1. The average Bonchev–Trinajstić information content (AvgIpc) is 1.94. The van der Waals surface area contributed by atoms with Gasteiger partial charge in [-0.2, -0.15) is 0 Å². The molecule has 0 aromatic carbocycles. The van der Waals surface area contributed by atoms with E-state index in [1.165, 1.54) is 5.57 Å². The zero-order valence-electron chi connectivity index (χ0n) is 6.65. The fraction of sp³-hybridized carbons (Fsp3) is 0.556. The predicted molar refractivity (Wildman–Crippen MR) is 42.9 cm³/mol. The highest BCUT2D eigenvalue weighted by atomic mass is 16.3. The fourth-order valence-corrected chi connectivity index (χ4v) is 1.24. The number of allylic oxidation sites excluding steroid dienone is 4. The summed E-state index contributed by atoms with van der Waals surface area (Å²) in [6, 6.07) is 0. The third kappa shape index (κ3) is 1.41. The third-order valence-electron chi connectivity index (χ3n) is 1.93. The maximum atomic E-state index is 9.32. The summed E-state index contributed by atoms with van der Waals surface area (Å²) in [5.41, 5.74) is 2.50. The van der Waals surface area contributed by atoms with Gasteiger partial charge in [0.05, 0.1) is 5.76 Å². The smallest absolute Gasteiger partial charge is 0.0957 e. The first-order valence-electron chi connectivity index (χ1n) is 3.82. The summed E-state index contributed by atoms with van der Waals surface area (Å²) < 4.78 is 0. The predicted octanol–water partition coefficient (Wildman–Crippen LogP) is 2.95. The maximum Gasteiger partial charge on any atom is 0.0957 e. The molecule has 1 heteroatoms. The van der Waals surface area contributed by atoms with Gasteiger partial charge in [-0.1, -0.05) is 18.6 Å². The standard InChI is InChI=1S/C9H14O/c1-3-8-6-7(2)4-5-9(8)10/h6,10H,3-5H2,1-2H3. The van der Waals surface area contributed by atoms with Gasteiger partial charge in [0.15, 0.2) is 0 Å². The van der Waals surface area contributed by atoms with Gasteiger partial charge in [-0.15, -0.1) is 0 Å². The normalized spacial score (nSPS) is 19.2. The molecule has 0 aromatic heterocycles. The Morgan fingerprint density at radius 3 is 2.70 bits per heavy atom. The van der Waals surface area contributed by atoms with Crippen molar-refractivity contribution < 1.29 is 5.11 Å². The van der Waals surface area contributed by atoms with Crippen LogP contribution in [0.2, 0.25) is 0 Å². The summed E-state index contributed by atoms with van der Waals surface area (Å²) in [6.45, 7) is 4.18. The number of aliphatic hydroxyl groups is 1. The summed E-state index contributed by atoms with van der Waals surface area (Å²) >= 11 is 0. The largest absolute Gasteiger partial charge is 0.512 e. The minimum absolute atomic E-state index is 0.591. The van der Waals surface area contributed by atoms with Crippen molar-refractivity contribution in [3.8, 4) is 0 Å². The molecule has 0 radical (unpaired) electrons. The maximum absolute atomic E-state index is 9.32. The lowest BCUT2D eigenvalue weighted by Gasteiger charge is -2.12. The van der Waals surface area contributed by atoms with Gasteiger partial charge >= 0.3 is 0 Å². The van der Waals surface area contributed by atoms with Crippen molar-refractivity contribution in [2.75, 3.05) is 0 Å². The van der Waals surface area contributed by atoms with Crippen LogP contribution in [0.3, 0.4) is 0 Å². The van der Waals surface area contributed by atoms with Gasteiger partial charge in [0.25, 0.3) is 0 Å². The fourth-order valence-electron chi connectivity index (χ4n) is 1.24. The second-order valence-electron chi connectivity index (χ2n) is 2.82. The van der Waals surface area contributed by atoms with E-state index in [9.17, 15) is 5.11 Å². The molecule has 56 valence electrons. The molecule has 0 heterocycles. The molecule has 1 nitrogen and oxygen atoms in total. The molecule has 1 aliphatic rings. The zero-order chi connectivity index (χ0) is 7.56. The summed E-state index contributed by atoms with van der Waals surface area (Å²) in [5, 5.41) is 9.32. The Kier molecular flexibility index (Phi) is 2.15. The quantitative estimate of drug-likeness (QED) is 0.590. The molecule has 1 N–H and O–H groups in total. The molecule has 0 bridgehead atoms. The van der Waals surface area contributed by atoms with Crippen molar-refractivity contribution in [3.63, 3.8) is 0 Å². The van der Waals surface area contributed by atoms with Crippen molar-refractivity contribution in [1.82, 2.24) is 0 Å². The Morgan fingerprint density at radius 2 is 2.20 bits per heavy atom. The Bertz CT molecular complexity index is 187. The molecule has 0 fully saturated rings. The first kappa shape index (κ1) is 7.39. The van der Waals surface area contributed by atoms with E-state index in [1.807, 2.05) is 0 Å². The second kappa shape index (κ2) is 2.91. The van der Waals surface area contributed by atoms with Crippen molar-refractivity contribution in [2.24, 2.45) is 0 Å². The van der Waals surface area contributed by atoms with Crippen LogP contribution in [0.25, 0.3) is 0 Å². The van der Waals surface area contributed by atoms with Gasteiger partial charge in [-0.05, 0) is 25.3 Å². The van der Waals surface area contributed by atoms with E-state index < -0.39 is 0 Å². The first-order valence-corrected chi connectivity index (χ1v) is 3.82. The molecule has 1 aliphatic carbocycles. The Hall–Kier alpha value is -0.720. The summed E-state index contributed by atoms with van der Waals surface area (Å²) in [6.07, 6.45) is 4.91. The number of hydrogen-bond acceptors (Lipinski definition) is 1. The molecule has 0 aromatic rings. The summed E-state index contributed by atoms with van der Waals surface area (Å²) in [5.74, 6) is 0.591. The molecule has 10 heavy (non-hydrogen) atoms. The number of hydrogen-bond donors (Lipinski definition) is 1. The van der Waals surface area contributed by atoms with Crippen LogP contribution >= 0.6 is 0 Å². The third-order valence-corrected chi connectivity index (χ3v) is 1.93. The molecule has 0 amide bonds. The zero-order valence-corrected chi connectivity index (χ0v) is 6.65. The minimum Gasteiger partial charge on any atom is -0.512 e. The highest BCUT2D eigenvalue weighted by Gasteiger charge is 2.07. The van der Waals surface area contributed by atoms with Crippen LogP contribution in [-0.2, 0) is 0 Å². The van der Waals surface area contributed by atoms with E-state index in [0.29, 0.717) is 5.76 Å². The molecule has 0 aliphatic heterocycles. The van der Waals surface area contributed by atoms with Gasteiger partial charge in [0, 0.05) is 6.42 Å². The summed E-state index contributed by atoms with van der Waals surface area (Å²) in [7, 11) is 0. The topological polar surface area (TPSA) is 20.2 Å². The van der Waals surface area contributed by atoms with Gasteiger partial charge in [-0.25, -0.2) is 0 Å². The van der Waals surface area contributed by atoms with Crippen molar-refractivity contribution in [2.45, 2.75) is 33.1 Å². The van der Waals surface area contributed by atoms with Crippen LogP contribution in [0.15, 0.2) is 23.0 Å². The van der Waals surface area contributed by atoms with E-state index in [2.05, 4.69) is 19.9 Å². The highest BCUT2D eigenvalue weighted by molar-refractivity contribution is 5.29. The molecular weight excluding hydrogens is 124 g/mol. The molecule has 0 atom stereocenters.